The number of nitriles is 1. The van der Waals surface area contributed by atoms with Crippen LogP contribution in [0.5, 0.6) is 0 Å². The van der Waals surface area contributed by atoms with Crippen molar-refractivity contribution in [2.45, 2.75) is 132 Å². The zero-order valence-electron chi connectivity index (χ0n) is 30.1. The molecule has 4 rings (SSSR count). The van der Waals surface area contributed by atoms with Gasteiger partial charge in [0.25, 0.3) is 0 Å². The maximum Gasteiger partial charge on any atom is 0.162 e. The van der Waals surface area contributed by atoms with Crippen LogP contribution in [-0.2, 0) is 11.4 Å². The van der Waals surface area contributed by atoms with E-state index in [0.29, 0.717) is 22.9 Å². The van der Waals surface area contributed by atoms with Crippen molar-refractivity contribution in [2.75, 3.05) is 0 Å². The van der Waals surface area contributed by atoms with Gasteiger partial charge in [-0.15, -0.1) is 5.10 Å². The van der Waals surface area contributed by atoms with Gasteiger partial charge in [-0.25, -0.2) is 4.68 Å². The number of hydrogen-bond donors (Lipinski definition) is 1. The molecule has 2 aliphatic carbocycles. The summed E-state index contributed by atoms with van der Waals surface area (Å²) in [4.78, 5) is 5.89. The van der Waals surface area contributed by atoms with Crippen molar-refractivity contribution in [1.29, 1.82) is 5.26 Å². The van der Waals surface area contributed by atoms with Crippen molar-refractivity contribution >= 4 is 5.71 Å². The van der Waals surface area contributed by atoms with Gasteiger partial charge in [-0.3, -0.25) is 0 Å². The van der Waals surface area contributed by atoms with Crippen LogP contribution in [0.2, 0.25) is 0 Å². The van der Waals surface area contributed by atoms with Gasteiger partial charge in [-0.2, -0.15) is 5.26 Å². The second-order valence-corrected chi connectivity index (χ2v) is 15.4. The standard InChI is InChI=1S/C40H57N5O2/c1-29(2)14-11-15-30(3)16-12-17-31(4)18-13-21-36-39(7)24-23-37(38(5,6)35(39)22-25-40(36,8)46)43-47-28-33-27-45(44-42-33)34-20-10-9-19-32(34)26-41/h9-10,14,16,18-20,27,35-36,46H,11-13,15,17,21-25,28H2,1-8H3/b30-16+,31-18+,43-37+/t35-,36+,39-,40+/m0/s1. The first-order valence-electron chi connectivity index (χ1n) is 17.5. The summed E-state index contributed by atoms with van der Waals surface area (Å²) in [7, 11) is 0. The summed E-state index contributed by atoms with van der Waals surface area (Å²) in [5.74, 6) is 0.632. The fourth-order valence-electron chi connectivity index (χ4n) is 8.40. The van der Waals surface area contributed by atoms with Crippen molar-refractivity contribution < 1.29 is 9.94 Å². The van der Waals surface area contributed by atoms with Crippen LogP contribution < -0.4 is 0 Å². The van der Waals surface area contributed by atoms with Crippen LogP contribution in [0.1, 0.15) is 131 Å². The predicted octanol–water partition coefficient (Wildman–Crippen LogP) is 9.81. The smallest absolute Gasteiger partial charge is 0.162 e. The van der Waals surface area contributed by atoms with Crippen molar-refractivity contribution in [1.82, 2.24) is 15.0 Å². The molecule has 4 atom stereocenters. The quantitative estimate of drug-likeness (QED) is 0.174. The van der Waals surface area contributed by atoms with Crippen molar-refractivity contribution in [2.24, 2.45) is 27.8 Å². The maximum atomic E-state index is 11.7. The fraction of sp³-hybridized carbons (Fsp3) is 0.600. The van der Waals surface area contributed by atoms with Crippen LogP contribution in [0, 0.1) is 34.0 Å². The van der Waals surface area contributed by atoms with Gasteiger partial charge in [0.15, 0.2) is 6.61 Å². The lowest BCUT2D eigenvalue weighted by Crippen LogP contribution is -2.59. The summed E-state index contributed by atoms with van der Waals surface area (Å²) >= 11 is 0. The van der Waals surface area contributed by atoms with Crippen LogP contribution in [0.15, 0.2) is 70.6 Å². The number of allylic oxidation sites excluding steroid dienone is 6. The number of para-hydroxylation sites is 1. The molecule has 2 saturated carbocycles. The average molecular weight is 640 g/mol. The molecule has 0 unspecified atom stereocenters. The highest BCUT2D eigenvalue weighted by Gasteiger charge is 2.59. The minimum absolute atomic E-state index is 0.0218. The Morgan fingerprint density at radius 1 is 1.02 bits per heavy atom. The van der Waals surface area contributed by atoms with Crippen LogP contribution in [0.4, 0.5) is 0 Å². The number of rotatable bonds is 13. The molecule has 0 spiro atoms. The lowest BCUT2D eigenvalue weighted by Gasteiger charge is -2.61. The Bertz CT molecular complexity index is 1530. The molecule has 2 fully saturated rings. The van der Waals surface area contributed by atoms with E-state index in [-0.39, 0.29) is 23.4 Å². The van der Waals surface area contributed by atoms with Crippen molar-refractivity contribution in [3.63, 3.8) is 0 Å². The van der Waals surface area contributed by atoms with Gasteiger partial charge in [0.05, 0.1) is 28.8 Å². The molecule has 0 radical (unpaired) electrons. The van der Waals surface area contributed by atoms with Crippen LogP contribution in [0.25, 0.3) is 5.69 Å². The third kappa shape index (κ3) is 8.90. The number of fused-ring (bicyclic) bond motifs is 1. The summed E-state index contributed by atoms with van der Waals surface area (Å²) in [5, 5.41) is 34.3. The van der Waals surface area contributed by atoms with E-state index >= 15 is 0 Å². The lowest BCUT2D eigenvalue weighted by atomic mass is 9.44. The molecule has 1 heterocycles. The topological polar surface area (TPSA) is 96.3 Å². The zero-order chi connectivity index (χ0) is 34.2. The summed E-state index contributed by atoms with van der Waals surface area (Å²) < 4.78 is 1.61. The number of nitrogens with zero attached hydrogens (tertiary/aromatic N) is 5. The van der Waals surface area contributed by atoms with E-state index in [1.807, 2.05) is 18.2 Å². The van der Waals surface area contributed by atoms with E-state index in [2.05, 4.69) is 95.2 Å². The summed E-state index contributed by atoms with van der Waals surface area (Å²) in [6.45, 7) is 18.2. The average Bonchev–Trinajstić information content (AvgIpc) is 3.48. The number of hydrogen-bond acceptors (Lipinski definition) is 6. The Morgan fingerprint density at radius 3 is 2.40 bits per heavy atom. The Kier molecular flexibility index (Phi) is 12.1. The fourth-order valence-corrected chi connectivity index (χ4v) is 8.40. The third-order valence-corrected chi connectivity index (χ3v) is 11.1. The molecule has 0 amide bonds. The van der Waals surface area contributed by atoms with Gasteiger partial charge in [0, 0.05) is 5.41 Å². The molecule has 1 N–H and O–H groups in total. The first-order chi connectivity index (χ1) is 22.3. The van der Waals surface area contributed by atoms with E-state index in [0.717, 1.165) is 69.9 Å². The van der Waals surface area contributed by atoms with E-state index in [1.165, 1.54) is 16.7 Å². The van der Waals surface area contributed by atoms with E-state index < -0.39 is 5.60 Å². The molecule has 2 aliphatic rings. The summed E-state index contributed by atoms with van der Waals surface area (Å²) in [6.07, 6.45) is 19.0. The molecule has 7 heteroatoms. The van der Waals surface area contributed by atoms with Crippen molar-refractivity contribution in [3.05, 3.63) is 76.7 Å². The van der Waals surface area contributed by atoms with Gasteiger partial charge in [-0.05, 0) is 128 Å². The van der Waals surface area contributed by atoms with Gasteiger partial charge in [-0.1, -0.05) is 78.2 Å². The highest BCUT2D eigenvalue weighted by molar-refractivity contribution is 5.90. The van der Waals surface area contributed by atoms with E-state index in [9.17, 15) is 10.4 Å². The molecule has 2 aromatic rings. The van der Waals surface area contributed by atoms with E-state index in [1.54, 1.807) is 16.9 Å². The van der Waals surface area contributed by atoms with Gasteiger partial charge < -0.3 is 9.94 Å². The molecule has 1 aromatic heterocycles. The second kappa shape index (κ2) is 15.6. The molecule has 47 heavy (non-hydrogen) atoms. The number of aromatic nitrogens is 3. The molecule has 7 nitrogen and oxygen atoms in total. The minimum Gasteiger partial charge on any atom is -0.390 e. The third-order valence-electron chi connectivity index (χ3n) is 11.1. The molecule has 254 valence electrons. The van der Waals surface area contributed by atoms with Crippen LogP contribution in [-0.4, -0.2) is 31.4 Å². The Labute approximate surface area is 283 Å². The first kappa shape index (κ1) is 36.3. The van der Waals surface area contributed by atoms with Gasteiger partial charge in [0.1, 0.15) is 11.8 Å². The number of benzene rings is 1. The number of oxime groups is 1. The molecular weight excluding hydrogens is 582 g/mol. The molecule has 1 aromatic carbocycles. The maximum absolute atomic E-state index is 11.7. The Hall–Kier alpha value is -3.50. The van der Waals surface area contributed by atoms with Crippen molar-refractivity contribution in [3.8, 4) is 11.8 Å². The predicted molar refractivity (Wildman–Crippen MR) is 191 cm³/mol. The normalized spacial score (nSPS) is 26.9. The zero-order valence-corrected chi connectivity index (χ0v) is 30.1. The highest BCUT2D eigenvalue weighted by atomic mass is 16.6. The lowest BCUT2D eigenvalue weighted by molar-refractivity contribution is -0.150. The first-order valence-corrected chi connectivity index (χ1v) is 17.5. The largest absolute Gasteiger partial charge is 0.390 e. The highest BCUT2D eigenvalue weighted by Crippen LogP contribution is 2.62. The second-order valence-electron chi connectivity index (χ2n) is 15.4. The molecule has 0 saturated heterocycles. The van der Waals surface area contributed by atoms with Crippen LogP contribution in [0.3, 0.4) is 0 Å². The molecule has 0 aliphatic heterocycles. The Balaban J connectivity index is 1.36. The molecular formula is C40H57N5O2. The summed E-state index contributed by atoms with van der Waals surface area (Å²) in [5.41, 5.74) is 6.49. The monoisotopic (exact) mass is 639 g/mol. The van der Waals surface area contributed by atoms with E-state index in [4.69, 9.17) is 4.84 Å². The minimum atomic E-state index is -0.671. The SMILES string of the molecule is CC(C)=CCC/C(C)=C/CC/C(C)=C/CC[C@@H]1[C@@]2(C)CC/C(=N\OCc3cn(-c4ccccc4C#N)nn3)C(C)(C)[C@@H]2CC[C@@]1(C)O. The van der Waals surface area contributed by atoms with Gasteiger partial charge in [0.2, 0.25) is 0 Å². The number of aliphatic hydroxyl groups is 1. The molecule has 0 bridgehead atoms. The van der Waals surface area contributed by atoms with Crippen LogP contribution >= 0.6 is 0 Å². The van der Waals surface area contributed by atoms with Gasteiger partial charge >= 0.3 is 0 Å². The Morgan fingerprint density at radius 2 is 1.70 bits per heavy atom. The summed E-state index contributed by atoms with van der Waals surface area (Å²) in [6, 6.07) is 9.52.